The third-order valence-electron chi connectivity index (χ3n) is 3.64. The van der Waals surface area contributed by atoms with Gasteiger partial charge in [-0.25, -0.2) is 0 Å². The molecule has 0 N–H and O–H groups in total. The first kappa shape index (κ1) is 18.4. The van der Waals surface area contributed by atoms with Gasteiger partial charge in [-0.05, 0) is 36.4 Å². The van der Waals surface area contributed by atoms with Crippen LogP contribution in [0.5, 0.6) is 5.75 Å². The molecule has 130 valence electrons. The molecule has 0 spiro atoms. The van der Waals surface area contributed by atoms with E-state index in [-0.39, 0.29) is 18.3 Å². The minimum atomic E-state index is -0.153. The number of nitrogens with zero attached hydrogens (tertiary/aromatic N) is 2. The van der Waals surface area contributed by atoms with E-state index in [1.807, 2.05) is 25.1 Å². The van der Waals surface area contributed by atoms with E-state index in [0.29, 0.717) is 30.8 Å². The highest BCUT2D eigenvalue weighted by molar-refractivity contribution is 5.95. The van der Waals surface area contributed by atoms with E-state index >= 15 is 0 Å². The molecule has 0 aliphatic carbocycles. The second-order valence-corrected chi connectivity index (χ2v) is 5.47. The number of ketones is 1. The van der Waals surface area contributed by atoms with E-state index in [4.69, 9.17) is 4.74 Å². The Kier molecular flexibility index (Phi) is 6.89. The number of hydrogen-bond donors (Lipinski definition) is 0. The van der Waals surface area contributed by atoms with E-state index in [9.17, 15) is 9.59 Å². The van der Waals surface area contributed by atoms with E-state index in [1.165, 1.54) is 0 Å². The van der Waals surface area contributed by atoms with Crippen LogP contribution in [0.2, 0.25) is 0 Å². The predicted octanol–water partition coefficient (Wildman–Crippen LogP) is 3.27. The summed E-state index contributed by atoms with van der Waals surface area (Å²) in [6, 6.07) is 12.4. The molecule has 0 saturated heterocycles. The molecule has 5 nitrogen and oxygen atoms in total. The summed E-state index contributed by atoms with van der Waals surface area (Å²) in [6.45, 7) is 6.25. The monoisotopic (exact) mass is 338 g/mol. The molecule has 1 aromatic carbocycles. The van der Waals surface area contributed by atoms with Gasteiger partial charge in [-0.2, -0.15) is 0 Å². The van der Waals surface area contributed by atoms with Gasteiger partial charge in [0.1, 0.15) is 5.75 Å². The average molecular weight is 338 g/mol. The lowest BCUT2D eigenvalue weighted by Crippen LogP contribution is -2.34. The molecule has 5 heteroatoms. The number of benzene rings is 1. The zero-order chi connectivity index (χ0) is 18.1. The summed E-state index contributed by atoms with van der Waals surface area (Å²) in [5.74, 6) is 0.479. The molecule has 1 aromatic heterocycles. The van der Waals surface area contributed by atoms with Crippen LogP contribution in [0, 0.1) is 0 Å². The van der Waals surface area contributed by atoms with Crippen LogP contribution in [-0.2, 0) is 11.3 Å². The standard InChI is InChI=1S/C20H22N2O3/c1-3-13-22(14-17-7-5-6-12-21-17)20(24)15-25-18-10-8-16(9-11-18)19(23)4-2/h3,5-12H,1,4,13-15H2,2H3. The molecule has 0 atom stereocenters. The van der Waals surface area contributed by atoms with Gasteiger partial charge in [-0.1, -0.05) is 19.1 Å². The molecule has 0 aliphatic rings. The smallest absolute Gasteiger partial charge is 0.261 e. The number of Topliss-reactive ketones (excluding diaryl/α,β-unsaturated/α-hetero) is 1. The summed E-state index contributed by atoms with van der Waals surface area (Å²) >= 11 is 0. The van der Waals surface area contributed by atoms with Crippen molar-refractivity contribution in [1.82, 2.24) is 9.88 Å². The van der Waals surface area contributed by atoms with Crippen molar-refractivity contribution in [2.24, 2.45) is 0 Å². The number of ether oxygens (including phenoxy) is 1. The van der Waals surface area contributed by atoms with Gasteiger partial charge < -0.3 is 9.64 Å². The first-order valence-corrected chi connectivity index (χ1v) is 8.18. The molecule has 0 radical (unpaired) electrons. The van der Waals surface area contributed by atoms with Crippen LogP contribution in [0.25, 0.3) is 0 Å². The van der Waals surface area contributed by atoms with Crippen LogP contribution in [-0.4, -0.2) is 34.7 Å². The lowest BCUT2D eigenvalue weighted by atomic mass is 10.1. The van der Waals surface area contributed by atoms with Gasteiger partial charge in [-0.3, -0.25) is 14.6 Å². The molecule has 0 fully saturated rings. The van der Waals surface area contributed by atoms with E-state index in [1.54, 1.807) is 41.4 Å². The Bertz CT molecular complexity index is 711. The lowest BCUT2D eigenvalue weighted by molar-refractivity contribution is -0.133. The van der Waals surface area contributed by atoms with E-state index in [0.717, 1.165) is 5.69 Å². The largest absolute Gasteiger partial charge is 0.484 e. The maximum absolute atomic E-state index is 12.4. The van der Waals surface area contributed by atoms with Gasteiger partial charge in [-0.15, -0.1) is 6.58 Å². The molecular formula is C20H22N2O3. The fourth-order valence-electron chi connectivity index (χ4n) is 2.28. The van der Waals surface area contributed by atoms with E-state index in [2.05, 4.69) is 11.6 Å². The van der Waals surface area contributed by atoms with E-state index < -0.39 is 0 Å². The Hall–Kier alpha value is -2.95. The minimum Gasteiger partial charge on any atom is -0.484 e. The van der Waals surface area contributed by atoms with Gasteiger partial charge >= 0.3 is 0 Å². The molecule has 0 aliphatic heterocycles. The van der Waals surface area contributed by atoms with Gasteiger partial charge in [0.05, 0.1) is 12.2 Å². The zero-order valence-corrected chi connectivity index (χ0v) is 14.4. The molecule has 0 bridgehead atoms. The first-order chi connectivity index (χ1) is 12.1. The molecule has 25 heavy (non-hydrogen) atoms. The van der Waals surface area contributed by atoms with Crippen molar-refractivity contribution in [3.63, 3.8) is 0 Å². The van der Waals surface area contributed by atoms with Crippen LogP contribution in [0.4, 0.5) is 0 Å². The molecule has 1 amide bonds. The Morgan fingerprint density at radius 3 is 2.56 bits per heavy atom. The third kappa shape index (κ3) is 5.57. The number of aromatic nitrogens is 1. The lowest BCUT2D eigenvalue weighted by Gasteiger charge is -2.21. The molecular weight excluding hydrogens is 316 g/mol. The maximum atomic E-state index is 12.4. The number of carbonyl (C=O) groups is 2. The van der Waals surface area contributed by atoms with Crippen LogP contribution in [0.15, 0.2) is 61.3 Å². The predicted molar refractivity (Wildman–Crippen MR) is 96.4 cm³/mol. The number of pyridine rings is 1. The third-order valence-corrected chi connectivity index (χ3v) is 3.64. The first-order valence-electron chi connectivity index (χ1n) is 8.18. The van der Waals surface area contributed by atoms with Gasteiger partial charge in [0, 0.05) is 24.7 Å². The number of amides is 1. The number of carbonyl (C=O) groups excluding carboxylic acids is 2. The van der Waals surface area contributed by atoms with Crippen molar-refractivity contribution >= 4 is 11.7 Å². The normalized spacial score (nSPS) is 10.1. The summed E-state index contributed by atoms with van der Waals surface area (Å²) < 4.78 is 5.54. The quantitative estimate of drug-likeness (QED) is 0.520. The van der Waals surface area contributed by atoms with Crippen LogP contribution < -0.4 is 4.74 Å². The molecule has 2 rings (SSSR count). The van der Waals surface area contributed by atoms with Crippen molar-refractivity contribution in [1.29, 1.82) is 0 Å². The second kappa shape index (κ2) is 9.37. The average Bonchev–Trinajstić information content (AvgIpc) is 2.66. The summed E-state index contributed by atoms with van der Waals surface area (Å²) in [6.07, 6.45) is 3.83. The number of rotatable bonds is 9. The summed E-state index contributed by atoms with van der Waals surface area (Å²) in [5, 5.41) is 0. The fourth-order valence-corrected chi connectivity index (χ4v) is 2.28. The highest BCUT2D eigenvalue weighted by atomic mass is 16.5. The van der Waals surface area contributed by atoms with Crippen LogP contribution in [0.1, 0.15) is 29.4 Å². The van der Waals surface area contributed by atoms with Crippen molar-refractivity contribution in [2.45, 2.75) is 19.9 Å². The molecule has 1 heterocycles. The Balaban J connectivity index is 1.94. The molecule has 0 saturated carbocycles. The molecule has 0 unspecified atom stereocenters. The van der Waals surface area contributed by atoms with Crippen LogP contribution in [0.3, 0.4) is 0 Å². The number of hydrogen-bond acceptors (Lipinski definition) is 4. The SMILES string of the molecule is C=CCN(Cc1ccccn1)C(=O)COc1ccc(C(=O)CC)cc1. The Morgan fingerprint density at radius 1 is 1.20 bits per heavy atom. The second-order valence-electron chi connectivity index (χ2n) is 5.47. The maximum Gasteiger partial charge on any atom is 0.261 e. The zero-order valence-electron chi connectivity index (χ0n) is 14.4. The van der Waals surface area contributed by atoms with Gasteiger partial charge in [0.15, 0.2) is 12.4 Å². The fraction of sp³-hybridized carbons (Fsp3) is 0.250. The van der Waals surface area contributed by atoms with Crippen molar-refractivity contribution in [3.05, 3.63) is 72.6 Å². The highest BCUT2D eigenvalue weighted by Crippen LogP contribution is 2.14. The van der Waals surface area contributed by atoms with Crippen molar-refractivity contribution in [3.8, 4) is 5.75 Å². The Labute approximate surface area is 147 Å². The Morgan fingerprint density at radius 2 is 1.96 bits per heavy atom. The highest BCUT2D eigenvalue weighted by Gasteiger charge is 2.14. The van der Waals surface area contributed by atoms with Gasteiger partial charge in [0.2, 0.25) is 0 Å². The molecule has 2 aromatic rings. The topological polar surface area (TPSA) is 59.5 Å². The van der Waals surface area contributed by atoms with Crippen LogP contribution >= 0.6 is 0 Å². The van der Waals surface area contributed by atoms with Crippen molar-refractivity contribution in [2.75, 3.05) is 13.2 Å². The summed E-state index contributed by atoms with van der Waals surface area (Å²) in [4.78, 5) is 29.9. The minimum absolute atomic E-state index is 0.0788. The van der Waals surface area contributed by atoms with Crippen molar-refractivity contribution < 1.29 is 14.3 Å². The summed E-state index contributed by atoms with van der Waals surface area (Å²) in [7, 11) is 0. The van der Waals surface area contributed by atoms with Gasteiger partial charge in [0.25, 0.3) is 5.91 Å². The summed E-state index contributed by atoms with van der Waals surface area (Å²) in [5.41, 5.74) is 1.45.